The Bertz CT molecular complexity index is 1200. The number of carbonyl (C=O) groups is 4. The van der Waals surface area contributed by atoms with Gasteiger partial charge in [-0.3, -0.25) is 19.7 Å². The smallest absolute Gasteiger partial charge is 0.414 e. The number of anilines is 1. The fraction of sp³-hybridized carbons (Fsp3) is 0.621. The fourth-order valence-electron chi connectivity index (χ4n) is 7.59. The van der Waals surface area contributed by atoms with Crippen molar-refractivity contribution >= 4 is 29.5 Å². The van der Waals surface area contributed by atoms with Crippen molar-refractivity contribution in [2.24, 2.45) is 34.0 Å². The van der Waals surface area contributed by atoms with Crippen molar-refractivity contribution in [2.45, 2.75) is 78.6 Å². The molecule has 9 atom stereocenters. The molecule has 216 valence electrons. The quantitative estimate of drug-likeness (QED) is 0.417. The summed E-state index contributed by atoms with van der Waals surface area (Å²) in [5, 5.41) is 27.1. The van der Waals surface area contributed by atoms with Crippen LogP contribution in [0.4, 0.5) is 10.6 Å². The maximum atomic E-state index is 13.5. The van der Waals surface area contributed by atoms with E-state index in [4.69, 9.17) is 4.74 Å². The number of hydrogen-bond donors (Lipinski definition) is 4. The van der Waals surface area contributed by atoms with E-state index in [0.29, 0.717) is 6.42 Å². The summed E-state index contributed by atoms with van der Waals surface area (Å²) >= 11 is 0. The third-order valence-electron chi connectivity index (χ3n) is 10.1. The summed E-state index contributed by atoms with van der Waals surface area (Å²) in [6, 6.07) is 2.86. The number of hydrogen-bond acceptors (Lipinski definition) is 8. The Labute approximate surface area is 231 Å². The van der Waals surface area contributed by atoms with E-state index in [9.17, 15) is 29.4 Å². The van der Waals surface area contributed by atoms with E-state index >= 15 is 0 Å². The Hall–Kier alpha value is -3.11. The molecule has 3 fully saturated rings. The number of nitrogens with one attached hydrogen (secondary N) is 2. The molecule has 3 aliphatic rings. The average molecular weight is 546 g/mol. The summed E-state index contributed by atoms with van der Waals surface area (Å²) in [7, 11) is 0. The van der Waals surface area contributed by atoms with Gasteiger partial charge in [-0.2, -0.15) is 0 Å². The Morgan fingerprint density at radius 1 is 1.21 bits per heavy atom. The molecule has 1 aromatic heterocycles. The topological polar surface area (TPSA) is 155 Å². The van der Waals surface area contributed by atoms with Crippen LogP contribution in [0.25, 0.3) is 0 Å². The van der Waals surface area contributed by atoms with Crippen LogP contribution in [0.5, 0.6) is 0 Å². The maximum Gasteiger partial charge on any atom is 0.414 e. The van der Waals surface area contributed by atoms with Crippen LogP contribution in [0, 0.1) is 34.0 Å². The second-order valence-electron chi connectivity index (χ2n) is 12.2. The molecule has 0 aliphatic heterocycles. The summed E-state index contributed by atoms with van der Waals surface area (Å²) in [4.78, 5) is 54.7. The molecule has 0 spiro atoms. The zero-order chi connectivity index (χ0) is 28.9. The number of nitrogens with zero attached hydrogens (tertiary/aromatic N) is 1. The van der Waals surface area contributed by atoms with Gasteiger partial charge in [0.2, 0.25) is 5.91 Å². The Kier molecular flexibility index (Phi) is 7.50. The van der Waals surface area contributed by atoms with E-state index in [1.54, 1.807) is 6.08 Å². The largest absolute Gasteiger partial charge is 0.445 e. The predicted octanol–water partition coefficient (Wildman–Crippen LogP) is 3.73. The van der Waals surface area contributed by atoms with Gasteiger partial charge in [0.25, 0.3) is 5.91 Å². The van der Waals surface area contributed by atoms with Gasteiger partial charge in [-0.25, -0.2) is 9.78 Å². The lowest BCUT2D eigenvalue weighted by atomic mass is 9.44. The monoisotopic (exact) mass is 545 g/mol. The van der Waals surface area contributed by atoms with Gasteiger partial charge in [-0.05, 0) is 55.1 Å². The van der Waals surface area contributed by atoms with Gasteiger partial charge >= 0.3 is 6.09 Å². The number of aromatic nitrogens is 1. The second kappa shape index (κ2) is 10.1. The molecule has 3 amide bonds. The molecule has 39 heavy (non-hydrogen) atoms. The van der Waals surface area contributed by atoms with Gasteiger partial charge < -0.3 is 20.3 Å². The minimum atomic E-state index is -1.15. The number of aliphatic hydroxyl groups excluding tert-OH is 2. The number of imide groups is 1. The molecule has 2 unspecified atom stereocenters. The molecule has 3 saturated carbocycles. The molecule has 4 N–H and O–H groups in total. The number of pyridine rings is 1. The van der Waals surface area contributed by atoms with Crippen molar-refractivity contribution in [1.29, 1.82) is 0 Å². The highest BCUT2D eigenvalue weighted by Crippen LogP contribution is 2.68. The number of carbonyl (C=O) groups excluding carboxylic acids is 4. The minimum Gasteiger partial charge on any atom is -0.445 e. The number of ketones is 1. The summed E-state index contributed by atoms with van der Waals surface area (Å²) in [5.41, 5.74) is -2.28. The van der Waals surface area contributed by atoms with E-state index in [-0.39, 0.29) is 50.6 Å². The van der Waals surface area contributed by atoms with E-state index in [2.05, 4.69) is 22.2 Å². The molecule has 4 rings (SSSR count). The first-order valence-electron chi connectivity index (χ1n) is 13.5. The van der Waals surface area contributed by atoms with E-state index in [0.717, 1.165) is 6.42 Å². The molecular formula is C29H43N3O7. The summed E-state index contributed by atoms with van der Waals surface area (Å²) in [6.45, 7) is 13.1. The highest BCUT2D eigenvalue weighted by molar-refractivity contribution is 6.03. The summed E-state index contributed by atoms with van der Waals surface area (Å²) in [6.07, 6.45) is 0.867. The molecule has 1 aromatic rings. The molecule has 1 heterocycles. The van der Waals surface area contributed by atoms with Crippen LogP contribution < -0.4 is 10.6 Å². The number of amides is 3. The molecule has 0 radical (unpaired) electrons. The van der Waals surface area contributed by atoms with Crippen LogP contribution in [0.3, 0.4) is 0 Å². The first kappa shape index (κ1) is 28.9. The minimum absolute atomic E-state index is 0. The van der Waals surface area contributed by atoms with Crippen molar-refractivity contribution < 1.29 is 37.0 Å². The number of rotatable bonds is 4. The summed E-state index contributed by atoms with van der Waals surface area (Å²) < 4.78 is 5.98. The van der Waals surface area contributed by atoms with Crippen LogP contribution in [0.15, 0.2) is 31.0 Å². The zero-order valence-electron chi connectivity index (χ0n) is 23.2. The molecule has 2 bridgehead atoms. The lowest BCUT2D eigenvalue weighted by molar-refractivity contribution is -0.191. The number of aliphatic hydroxyl groups is 2. The van der Waals surface area contributed by atoms with Crippen molar-refractivity contribution in [1.82, 2.24) is 10.3 Å². The molecule has 10 nitrogen and oxygen atoms in total. The van der Waals surface area contributed by atoms with Gasteiger partial charge in [0.1, 0.15) is 18.0 Å². The summed E-state index contributed by atoms with van der Waals surface area (Å²) in [5.74, 6) is -2.03. The molecular weight excluding hydrogens is 502 g/mol. The van der Waals surface area contributed by atoms with Gasteiger partial charge in [0.05, 0.1) is 11.7 Å². The standard InChI is InChI=1S/C29H39N3O7.2H2/c1-7-27(5)13-20(39-26(38)32-25(37)18-8-9-21(30-14-18)31-17(4)33)28(6)15(2)10-11-29(16(3)24(27)36)12-19(34)22(35)23(28)29;;/h7-9,14-16,19-20,23-24,34,36H,1,10-13H2,2-6H3,(H,30,31,33)(H,32,37,38);2*1H/t15?,16-,19-,20+,23?,24-,27+,28-,29-;;/m0../s1. The van der Waals surface area contributed by atoms with Crippen molar-refractivity contribution in [3.8, 4) is 0 Å². The van der Waals surface area contributed by atoms with Gasteiger partial charge in [-0.15, -0.1) is 6.58 Å². The second-order valence-corrected chi connectivity index (χ2v) is 12.2. The highest BCUT2D eigenvalue weighted by Gasteiger charge is 2.70. The highest BCUT2D eigenvalue weighted by atomic mass is 16.6. The SMILES string of the molecule is C=C[C@]1(C)C[C@@H](OC(=O)NC(=O)c2ccc(NC(C)=O)nc2)[C@]2(C)C(C)CC[C@]3(C[C@H](O)C(=O)C32)[C@@H](C)[C@@H]1O.[HH].[HH]. The number of alkyl carbamates (subject to hydrolysis) is 1. The van der Waals surface area contributed by atoms with Crippen LogP contribution in [0.2, 0.25) is 0 Å². The zero-order valence-corrected chi connectivity index (χ0v) is 23.2. The van der Waals surface area contributed by atoms with E-state index in [1.165, 1.54) is 25.3 Å². The maximum absolute atomic E-state index is 13.5. The lowest BCUT2D eigenvalue weighted by Gasteiger charge is -2.61. The predicted molar refractivity (Wildman–Crippen MR) is 147 cm³/mol. The molecule has 0 saturated heterocycles. The molecule has 10 heteroatoms. The Morgan fingerprint density at radius 2 is 1.90 bits per heavy atom. The van der Waals surface area contributed by atoms with Crippen LogP contribution >= 0.6 is 0 Å². The third-order valence-corrected chi connectivity index (χ3v) is 10.1. The van der Waals surface area contributed by atoms with E-state index in [1.807, 2.05) is 27.7 Å². The first-order chi connectivity index (χ1) is 18.2. The van der Waals surface area contributed by atoms with Gasteiger partial charge in [0.15, 0.2) is 5.78 Å². The van der Waals surface area contributed by atoms with Gasteiger partial charge in [-0.1, -0.05) is 33.8 Å². The molecule has 0 aromatic carbocycles. The number of Topliss-reactive ketones (excluding diaryl/α,β-unsaturated/α-hetero) is 1. The molecule has 3 aliphatic carbocycles. The lowest BCUT2D eigenvalue weighted by Crippen LogP contribution is -2.63. The van der Waals surface area contributed by atoms with Crippen molar-refractivity contribution in [3.63, 3.8) is 0 Å². The van der Waals surface area contributed by atoms with Crippen LogP contribution in [-0.4, -0.2) is 57.2 Å². The number of ether oxygens (including phenoxy) is 1. The normalized spacial score (nSPS) is 39.5. The Balaban J connectivity index is 0.00000294. The third kappa shape index (κ3) is 4.67. The average Bonchev–Trinajstić information content (AvgIpc) is 3.15. The first-order valence-corrected chi connectivity index (χ1v) is 13.5. The van der Waals surface area contributed by atoms with Crippen molar-refractivity contribution in [2.75, 3.05) is 5.32 Å². The fourth-order valence-corrected chi connectivity index (χ4v) is 7.59. The van der Waals surface area contributed by atoms with E-state index < -0.39 is 52.5 Å². The van der Waals surface area contributed by atoms with Crippen molar-refractivity contribution in [3.05, 3.63) is 36.5 Å². The van der Waals surface area contributed by atoms with Gasteiger partial charge in [0, 0.05) is 32.7 Å². The van der Waals surface area contributed by atoms with Crippen LogP contribution in [0.1, 0.15) is 73.5 Å². The van der Waals surface area contributed by atoms with Crippen LogP contribution in [-0.2, 0) is 14.3 Å². The Morgan fingerprint density at radius 3 is 2.49 bits per heavy atom.